The number of anilines is 1. The third-order valence-corrected chi connectivity index (χ3v) is 2.58. The van der Waals surface area contributed by atoms with Crippen molar-refractivity contribution in [1.29, 1.82) is 0 Å². The van der Waals surface area contributed by atoms with Gasteiger partial charge in [-0.3, -0.25) is 9.59 Å². The van der Waals surface area contributed by atoms with E-state index < -0.39 is 23.6 Å². The second-order valence-corrected chi connectivity index (χ2v) is 3.97. The van der Waals surface area contributed by atoms with Gasteiger partial charge in [-0.05, 0) is 18.2 Å². The minimum absolute atomic E-state index is 0.0994. The smallest absolute Gasteiger partial charge is 0.332 e. The molecule has 1 heterocycles. The Morgan fingerprint density at radius 3 is 2.56 bits per heavy atom. The van der Waals surface area contributed by atoms with Gasteiger partial charge < -0.3 is 10.2 Å². The van der Waals surface area contributed by atoms with Crippen LogP contribution in [0, 0.1) is 0 Å². The van der Waals surface area contributed by atoms with Crippen LogP contribution in [-0.4, -0.2) is 30.3 Å². The van der Waals surface area contributed by atoms with Crippen LogP contribution in [0.4, 0.5) is 18.9 Å². The first kappa shape index (κ1) is 12.4. The van der Waals surface area contributed by atoms with Gasteiger partial charge in [-0.25, -0.2) is 0 Å². The predicted molar refractivity (Wildman–Crippen MR) is 57.0 cm³/mol. The molecule has 0 aromatic heterocycles. The van der Waals surface area contributed by atoms with E-state index in [1.165, 1.54) is 7.05 Å². The fourth-order valence-electron chi connectivity index (χ4n) is 1.69. The standard InChI is InChI=1S/C11H9F3N2O2/c1-16-5-9(17)15-8-3-2-6(11(12,13)14)4-7(8)10(16)18/h2-4H,5H2,1H3,(H,15,17). The van der Waals surface area contributed by atoms with Crippen molar-refractivity contribution in [3.63, 3.8) is 0 Å². The van der Waals surface area contributed by atoms with Crippen molar-refractivity contribution in [2.24, 2.45) is 0 Å². The lowest BCUT2D eigenvalue weighted by Gasteiger charge is -2.13. The Morgan fingerprint density at radius 1 is 1.28 bits per heavy atom. The van der Waals surface area contributed by atoms with E-state index in [1.807, 2.05) is 0 Å². The first-order chi connectivity index (χ1) is 8.29. The van der Waals surface area contributed by atoms with Gasteiger partial charge in [0, 0.05) is 7.05 Å². The van der Waals surface area contributed by atoms with Crippen LogP contribution in [0.25, 0.3) is 0 Å². The van der Waals surface area contributed by atoms with Gasteiger partial charge in [0.15, 0.2) is 0 Å². The molecule has 1 aromatic carbocycles. The average molecular weight is 258 g/mol. The lowest BCUT2D eigenvalue weighted by Crippen LogP contribution is -2.31. The van der Waals surface area contributed by atoms with E-state index in [4.69, 9.17) is 0 Å². The van der Waals surface area contributed by atoms with Crippen molar-refractivity contribution < 1.29 is 22.8 Å². The summed E-state index contributed by atoms with van der Waals surface area (Å²) >= 11 is 0. The van der Waals surface area contributed by atoms with Gasteiger partial charge >= 0.3 is 6.18 Å². The Balaban J connectivity index is 2.54. The van der Waals surface area contributed by atoms with E-state index in [9.17, 15) is 22.8 Å². The summed E-state index contributed by atoms with van der Waals surface area (Å²) in [5, 5.41) is 2.39. The molecule has 0 fully saturated rings. The summed E-state index contributed by atoms with van der Waals surface area (Å²) in [6, 6.07) is 2.67. The molecule has 2 rings (SSSR count). The number of amides is 2. The second-order valence-electron chi connectivity index (χ2n) is 3.97. The minimum Gasteiger partial charge on any atom is -0.332 e. The van der Waals surface area contributed by atoms with Crippen LogP contribution in [0.1, 0.15) is 15.9 Å². The van der Waals surface area contributed by atoms with E-state index in [1.54, 1.807) is 0 Å². The molecule has 0 radical (unpaired) electrons. The van der Waals surface area contributed by atoms with Crippen molar-refractivity contribution >= 4 is 17.5 Å². The maximum Gasteiger partial charge on any atom is 0.416 e. The molecule has 18 heavy (non-hydrogen) atoms. The Morgan fingerprint density at radius 2 is 1.94 bits per heavy atom. The summed E-state index contributed by atoms with van der Waals surface area (Å²) in [6.45, 7) is -0.186. The van der Waals surface area contributed by atoms with Crippen molar-refractivity contribution in [2.75, 3.05) is 18.9 Å². The lowest BCUT2D eigenvalue weighted by molar-refractivity contribution is -0.137. The summed E-state index contributed by atoms with van der Waals surface area (Å²) in [6.07, 6.45) is -4.52. The van der Waals surface area contributed by atoms with E-state index in [2.05, 4.69) is 5.32 Å². The topological polar surface area (TPSA) is 49.4 Å². The van der Waals surface area contributed by atoms with E-state index in [0.29, 0.717) is 0 Å². The highest BCUT2D eigenvalue weighted by Crippen LogP contribution is 2.32. The van der Waals surface area contributed by atoms with Gasteiger partial charge in [0.25, 0.3) is 5.91 Å². The van der Waals surface area contributed by atoms with Crippen molar-refractivity contribution in [2.45, 2.75) is 6.18 Å². The molecule has 0 bridgehead atoms. The van der Waals surface area contributed by atoms with Crippen LogP contribution >= 0.6 is 0 Å². The molecule has 0 unspecified atom stereocenters. The molecule has 0 spiro atoms. The number of likely N-dealkylation sites (N-methyl/N-ethyl adjacent to an activating group) is 1. The zero-order valence-electron chi connectivity index (χ0n) is 9.34. The third-order valence-electron chi connectivity index (χ3n) is 2.58. The Kier molecular flexibility index (Phi) is 2.76. The molecule has 2 amide bonds. The largest absolute Gasteiger partial charge is 0.416 e. The monoisotopic (exact) mass is 258 g/mol. The lowest BCUT2D eigenvalue weighted by atomic mass is 10.1. The highest BCUT2D eigenvalue weighted by Gasteiger charge is 2.33. The Labute approximate surface area is 100 Å². The summed E-state index contributed by atoms with van der Waals surface area (Å²) in [5.41, 5.74) is -0.973. The molecular weight excluding hydrogens is 249 g/mol. The Hall–Kier alpha value is -2.05. The number of benzene rings is 1. The number of carbonyl (C=O) groups excluding carboxylic acids is 2. The quantitative estimate of drug-likeness (QED) is 0.770. The summed E-state index contributed by atoms with van der Waals surface area (Å²) < 4.78 is 37.6. The summed E-state index contributed by atoms with van der Waals surface area (Å²) in [7, 11) is 1.36. The zero-order valence-corrected chi connectivity index (χ0v) is 9.34. The van der Waals surface area contributed by atoms with E-state index in [-0.39, 0.29) is 17.8 Å². The van der Waals surface area contributed by atoms with Crippen LogP contribution < -0.4 is 5.32 Å². The minimum atomic E-state index is -4.52. The van der Waals surface area contributed by atoms with Gasteiger partial charge in [0.1, 0.15) is 0 Å². The van der Waals surface area contributed by atoms with E-state index in [0.717, 1.165) is 23.1 Å². The molecule has 4 nitrogen and oxygen atoms in total. The van der Waals surface area contributed by atoms with Gasteiger partial charge in [-0.15, -0.1) is 0 Å². The molecule has 0 saturated carbocycles. The number of fused-ring (bicyclic) bond motifs is 1. The summed E-state index contributed by atoms with van der Waals surface area (Å²) in [5.74, 6) is -1.06. The molecule has 0 atom stereocenters. The molecule has 7 heteroatoms. The molecule has 1 aliphatic heterocycles. The molecule has 1 aromatic rings. The molecule has 96 valence electrons. The fraction of sp³-hybridized carbons (Fsp3) is 0.273. The summed E-state index contributed by atoms with van der Waals surface area (Å²) in [4.78, 5) is 24.3. The molecule has 1 aliphatic rings. The SMILES string of the molecule is CN1CC(=O)Nc2ccc(C(F)(F)F)cc2C1=O. The van der Waals surface area contributed by atoms with Gasteiger partial charge in [-0.1, -0.05) is 0 Å². The highest BCUT2D eigenvalue weighted by molar-refractivity contribution is 6.08. The number of carbonyl (C=O) groups is 2. The first-order valence-electron chi connectivity index (χ1n) is 5.05. The molecule has 0 aliphatic carbocycles. The van der Waals surface area contributed by atoms with Crippen LogP contribution in [0.15, 0.2) is 18.2 Å². The second kappa shape index (κ2) is 4.01. The van der Waals surface area contributed by atoms with E-state index >= 15 is 0 Å². The van der Waals surface area contributed by atoms with Crippen LogP contribution in [-0.2, 0) is 11.0 Å². The highest BCUT2D eigenvalue weighted by atomic mass is 19.4. The number of nitrogens with zero attached hydrogens (tertiary/aromatic N) is 1. The Bertz CT molecular complexity index is 526. The van der Waals surface area contributed by atoms with Crippen LogP contribution in [0.5, 0.6) is 0 Å². The van der Waals surface area contributed by atoms with Gasteiger partial charge in [0.2, 0.25) is 5.91 Å². The number of halogens is 3. The zero-order chi connectivity index (χ0) is 13.5. The van der Waals surface area contributed by atoms with Crippen LogP contribution in [0.3, 0.4) is 0 Å². The normalized spacial score (nSPS) is 16.1. The molecular formula is C11H9F3N2O2. The first-order valence-corrected chi connectivity index (χ1v) is 5.05. The number of hydrogen-bond acceptors (Lipinski definition) is 2. The predicted octanol–water partition coefficient (Wildman–Crippen LogP) is 1.73. The number of alkyl halides is 3. The number of nitrogens with one attached hydrogen (secondary N) is 1. The van der Waals surface area contributed by atoms with Crippen molar-refractivity contribution in [1.82, 2.24) is 4.90 Å². The number of hydrogen-bond donors (Lipinski definition) is 1. The average Bonchev–Trinajstić information content (AvgIpc) is 2.35. The third kappa shape index (κ3) is 2.15. The van der Waals surface area contributed by atoms with Gasteiger partial charge in [0.05, 0.1) is 23.4 Å². The fourth-order valence-corrected chi connectivity index (χ4v) is 1.69. The van der Waals surface area contributed by atoms with Crippen molar-refractivity contribution in [3.8, 4) is 0 Å². The van der Waals surface area contributed by atoms with Crippen LogP contribution in [0.2, 0.25) is 0 Å². The molecule has 0 saturated heterocycles. The van der Waals surface area contributed by atoms with Crippen molar-refractivity contribution in [3.05, 3.63) is 29.3 Å². The maximum absolute atomic E-state index is 12.5. The number of rotatable bonds is 0. The maximum atomic E-state index is 12.5. The molecule has 1 N–H and O–H groups in total. The van der Waals surface area contributed by atoms with Gasteiger partial charge in [-0.2, -0.15) is 13.2 Å².